The lowest BCUT2D eigenvalue weighted by Gasteiger charge is -2.31. The highest BCUT2D eigenvalue weighted by molar-refractivity contribution is 6.30. The lowest BCUT2D eigenvalue weighted by atomic mass is 10.1. The van der Waals surface area contributed by atoms with E-state index in [-0.39, 0.29) is 12.5 Å². The molecule has 1 fully saturated rings. The van der Waals surface area contributed by atoms with Gasteiger partial charge in [0.15, 0.2) is 6.10 Å². The number of aryl methyl sites for hydroxylation is 1. The topological polar surface area (TPSA) is 55.8 Å². The highest BCUT2D eigenvalue weighted by Gasteiger charge is 2.30. The van der Waals surface area contributed by atoms with E-state index in [4.69, 9.17) is 16.3 Å². The van der Waals surface area contributed by atoms with Crippen LogP contribution in [-0.2, 0) is 14.3 Å². The van der Waals surface area contributed by atoms with E-state index < -0.39 is 12.1 Å². The minimum Gasteiger partial charge on any atom is -0.467 e. The van der Waals surface area contributed by atoms with E-state index in [0.29, 0.717) is 23.7 Å². The zero-order chi connectivity index (χ0) is 14.7. The molecule has 1 amide bonds. The molecule has 108 valence electrons. The quantitative estimate of drug-likeness (QED) is 0.779. The van der Waals surface area contributed by atoms with Gasteiger partial charge in [-0.3, -0.25) is 4.79 Å². The number of hydrogen-bond donors (Lipinski definition) is 0. The predicted molar refractivity (Wildman–Crippen MR) is 73.8 cm³/mol. The molecule has 5 nitrogen and oxygen atoms in total. The summed E-state index contributed by atoms with van der Waals surface area (Å²) in [6.07, 6.45) is -0.717. The van der Waals surface area contributed by atoms with Crippen molar-refractivity contribution in [1.29, 1.82) is 0 Å². The van der Waals surface area contributed by atoms with Crippen LogP contribution in [0.3, 0.4) is 0 Å². The average molecular weight is 298 g/mol. The van der Waals surface area contributed by atoms with Crippen molar-refractivity contribution in [3.8, 4) is 0 Å². The molecule has 1 aromatic carbocycles. The van der Waals surface area contributed by atoms with E-state index in [1.54, 1.807) is 23.1 Å². The maximum absolute atomic E-state index is 12.5. The standard InChI is InChI=1S/C14H16ClNO4/c1-9-7-10(15)3-4-11(9)13(17)16-5-6-20-12(8-16)14(18)19-2/h3-4,7,12H,5-6,8H2,1-2H3. The maximum Gasteiger partial charge on any atom is 0.336 e. The molecule has 0 aromatic heterocycles. The van der Waals surface area contributed by atoms with Crippen molar-refractivity contribution in [2.24, 2.45) is 0 Å². The highest BCUT2D eigenvalue weighted by Crippen LogP contribution is 2.18. The summed E-state index contributed by atoms with van der Waals surface area (Å²) in [7, 11) is 1.30. The second-order valence-electron chi connectivity index (χ2n) is 4.59. The molecule has 1 saturated heterocycles. The van der Waals surface area contributed by atoms with Gasteiger partial charge in [0.1, 0.15) is 0 Å². The Morgan fingerprint density at radius 1 is 1.45 bits per heavy atom. The van der Waals surface area contributed by atoms with Crippen LogP contribution in [0.5, 0.6) is 0 Å². The molecule has 1 heterocycles. The molecule has 0 spiro atoms. The highest BCUT2D eigenvalue weighted by atomic mass is 35.5. The van der Waals surface area contributed by atoms with Crippen molar-refractivity contribution in [2.75, 3.05) is 26.8 Å². The Hall–Kier alpha value is -1.59. The summed E-state index contributed by atoms with van der Waals surface area (Å²) >= 11 is 5.88. The van der Waals surface area contributed by atoms with Crippen LogP contribution in [0.2, 0.25) is 5.02 Å². The molecule has 2 rings (SSSR count). The van der Waals surface area contributed by atoms with Crippen LogP contribution in [-0.4, -0.2) is 49.7 Å². The largest absolute Gasteiger partial charge is 0.467 e. The second kappa shape index (κ2) is 6.24. The molecule has 20 heavy (non-hydrogen) atoms. The number of hydrogen-bond acceptors (Lipinski definition) is 4. The third-order valence-electron chi connectivity index (χ3n) is 3.24. The van der Waals surface area contributed by atoms with Crippen molar-refractivity contribution in [3.05, 3.63) is 34.3 Å². The number of nitrogens with zero attached hydrogens (tertiary/aromatic N) is 1. The van der Waals surface area contributed by atoms with Crippen molar-refractivity contribution >= 4 is 23.5 Å². The van der Waals surface area contributed by atoms with Crippen molar-refractivity contribution in [2.45, 2.75) is 13.0 Å². The first-order valence-electron chi connectivity index (χ1n) is 6.27. The monoisotopic (exact) mass is 297 g/mol. The van der Waals surface area contributed by atoms with Crippen LogP contribution >= 0.6 is 11.6 Å². The second-order valence-corrected chi connectivity index (χ2v) is 5.03. The molecule has 0 aliphatic carbocycles. The van der Waals surface area contributed by atoms with Gasteiger partial charge in [0.05, 0.1) is 20.3 Å². The van der Waals surface area contributed by atoms with Gasteiger partial charge in [-0.25, -0.2) is 4.79 Å². The molecule has 1 aliphatic rings. The van der Waals surface area contributed by atoms with Gasteiger partial charge < -0.3 is 14.4 Å². The number of esters is 1. The van der Waals surface area contributed by atoms with Crippen LogP contribution in [0.15, 0.2) is 18.2 Å². The number of halogens is 1. The number of benzene rings is 1. The first-order valence-corrected chi connectivity index (χ1v) is 6.65. The Kier molecular flexibility index (Phi) is 4.62. The van der Waals surface area contributed by atoms with E-state index in [2.05, 4.69) is 4.74 Å². The number of ether oxygens (including phenoxy) is 2. The molecule has 1 aromatic rings. The summed E-state index contributed by atoms with van der Waals surface area (Å²) in [5.41, 5.74) is 1.39. The van der Waals surface area contributed by atoms with Crippen LogP contribution < -0.4 is 0 Å². The average Bonchev–Trinajstić information content (AvgIpc) is 2.46. The van der Waals surface area contributed by atoms with Gasteiger partial charge in [-0.15, -0.1) is 0 Å². The van der Waals surface area contributed by atoms with Gasteiger partial charge >= 0.3 is 5.97 Å². The molecule has 1 unspecified atom stereocenters. The molecule has 6 heteroatoms. The summed E-state index contributed by atoms with van der Waals surface area (Å²) in [5.74, 6) is -0.591. The van der Waals surface area contributed by atoms with Gasteiger partial charge in [0, 0.05) is 17.1 Å². The van der Waals surface area contributed by atoms with Crippen LogP contribution in [0.1, 0.15) is 15.9 Å². The van der Waals surface area contributed by atoms with Crippen LogP contribution in [0.25, 0.3) is 0 Å². The lowest BCUT2D eigenvalue weighted by molar-refractivity contribution is -0.158. The number of morpholine rings is 1. The SMILES string of the molecule is COC(=O)C1CN(C(=O)c2ccc(Cl)cc2C)CCO1. The molecule has 0 radical (unpaired) electrons. The molecule has 0 N–H and O–H groups in total. The third-order valence-corrected chi connectivity index (χ3v) is 3.47. The Morgan fingerprint density at radius 3 is 2.85 bits per heavy atom. The first kappa shape index (κ1) is 14.8. The van der Waals surface area contributed by atoms with E-state index >= 15 is 0 Å². The van der Waals surface area contributed by atoms with E-state index in [1.807, 2.05) is 6.92 Å². The zero-order valence-electron chi connectivity index (χ0n) is 11.4. The molecule has 0 saturated carbocycles. The van der Waals surface area contributed by atoms with Crippen molar-refractivity contribution in [3.63, 3.8) is 0 Å². The van der Waals surface area contributed by atoms with Crippen LogP contribution in [0, 0.1) is 6.92 Å². The van der Waals surface area contributed by atoms with Gasteiger partial charge in [-0.2, -0.15) is 0 Å². The Labute approximate surface area is 122 Å². The van der Waals surface area contributed by atoms with Crippen LogP contribution in [0.4, 0.5) is 0 Å². The van der Waals surface area contributed by atoms with Crippen molar-refractivity contribution in [1.82, 2.24) is 4.90 Å². The minimum absolute atomic E-state index is 0.128. The number of methoxy groups -OCH3 is 1. The van der Waals surface area contributed by atoms with Gasteiger partial charge in [-0.1, -0.05) is 11.6 Å². The number of rotatable bonds is 2. The molecule has 1 aliphatic heterocycles. The first-order chi connectivity index (χ1) is 9.52. The maximum atomic E-state index is 12.5. The van der Waals surface area contributed by atoms with E-state index in [9.17, 15) is 9.59 Å². The minimum atomic E-state index is -0.717. The summed E-state index contributed by atoms with van der Waals surface area (Å²) < 4.78 is 9.95. The summed E-state index contributed by atoms with van der Waals surface area (Å²) in [6.45, 7) is 2.80. The van der Waals surface area contributed by atoms with E-state index in [1.165, 1.54) is 7.11 Å². The van der Waals surface area contributed by atoms with E-state index in [0.717, 1.165) is 5.56 Å². The van der Waals surface area contributed by atoms with Gasteiger partial charge in [-0.05, 0) is 30.7 Å². The molecular weight excluding hydrogens is 282 g/mol. The summed E-state index contributed by atoms with van der Waals surface area (Å²) in [4.78, 5) is 25.5. The Balaban J connectivity index is 2.14. The smallest absolute Gasteiger partial charge is 0.336 e. The normalized spacial score (nSPS) is 18.8. The molecule has 1 atom stereocenters. The van der Waals surface area contributed by atoms with Gasteiger partial charge in [0.2, 0.25) is 0 Å². The molecular formula is C14H16ClNO4. The molecule has 0 bridgehead atoms. The Morgan fingerprint density at radius 2 is 2.20 bits per heavy atom. The Bertz CT molecular complexity index is 532. The predicted octanol–water partition coefficient (Wildman–Crippen LogP) is 1.66. The fraction of sp³-hybridized carbons (Fsp3) is 0.429. The number of carbonyl (C=O) groups excluding carboxylic acids is 2. The third kappa shape index (κ3) is 3.11. The fourth-order valence-corrected chi connectivity index (χ4v) is 2.37. The van der Waals surface area contributed by atoms with Gasteiger partial charge in [0.25, 0.3) is 5.91 Å². The fourth-order valence-electron chi connectivity index (χ4n) is 2.15. The summed E-state index contributed by atoms with van der Waals surface area (Å²) in [6, 6.07) is 5.12. The summed E-state index contributed by atoms with van der Waals surface area (Å²) in [5, 5.41) is 0.591. The number of carbonyl (C=O) groups is 2. The lowest BCUT2D eigenvalue weighted by Crippen LogP contribution is -2.49. The zero-order valence-corrected chi connectivity index (χ0v) is 12.1. The van der Waals surface area contributed by atoms with Crippen molar-refractivity contribution < 1.29 is 19.1 Å². The number of amides is 1.